The van der Waals surface area contributed by atoms with Gasteiger partial charge in [0.1, 0.15) is 0 Å². The van der Waals surface area contributed by atoms with Crippen LogP contribution in [0.3, 0.4) is 0 Å². The highest BCUT2D eigenvalue weighted by atomic mass is 79.9. The molecule has 174 valence electrons. The van der Waals surface area contributed by atoms with Crippen LogP contribution in [0.5, 0.6) is 0 Å². The molecule has 1 aliphatic carbocycles. The Bertz CT molecular complexity index is 750. The molecule has 3 atom stereocenters. The molecular weight excluding hydrogens is 470 g/mol. The highest BCUT2D eigenvalue weighted by molar-refractivity contribution is 5.81. The lowest BCUT2D eigenvalue weighted by molar-refractivity contribution is -0.175. The minimum atomic E-state index is -2.86. The van der Waals surface area contributed by atoms with E-state index < -0.39 is 29.8 Å². The maximum atomic E-state index is 13.8. The second-order valence-corrected chi connectivity index (χ2v) is 8.32. The predicted molar refractivity (Wildman–Crippen MR) is 111 cm³/mol. The SMILES string of the molecule is CCCN1C=CN(CCCOC(=O)[C@](O)(c2ccccc2)[C@@H]2CCC(F)(F)C2)C1C.[Br-]. The number of hydrogen-bond acceptors (Lipinski definition) is 5. The minimum Gasteiger partial charge on any atom is -1.00 e. The summed E-state index contributed by atoms with van der Waals surface area (Å²) >= 11 is 0. The lowest BCUT2D eigenvalue weighted by atomic mass is 9.80. The molecule has 0 spiro atoms. The molecule has 1 aromatic rings. The van der Waals surface area contributed by atoms with Crippen molar-refractivity contribution in [3.63, 3.8) is 0 Å². The Hall–Kier alpha value is -1.67. The largest absolute Gasteiger partial charge is 1.00 e. The smallest absolute Gasteiger partial charge is 0.343 e. The van der Waals surface area contributed by atoms with Crippen LogP contribution in [0.2, 0.25) is 0 Å². The van der Waals surface area contributed by atoms with Crippen LogP contribution < -0.4 is 17.0 Å². The van der Waals surface area contributed by atoms with Gasteiger partial charge in [-0.15, -0.1) is 0 Å². The zero-order valence-corrected chi connectivity index (χ0v) is 19.7. The minimum absolute atomic E-state index is 0. The molecule has 5 nitrogen and oxygen atoms in total. The van der Waals surface area contributed by atoms with Gasteiger partial charge in [0, 0.05) is 44.2 Å². The number of nitrogens with zero attached hydrogens (tertiary/aromatic N) is 2. The molecule has 1 heterocycles. The molecule has 8 heteroatoms. The van der Waals surface area contributed by atoms with Crippen LogP contribution in [-0.4, -0.2) is 52.7 Å². The van der Waals surface area contributed by atoms with Gasteiger partial charge in [-0.2, -0.15) is 0 Å². The number of alkyl halides is 2. The van der Waals surface area contributed by atoms with Crippen molar-refractivity contribution in [2.24, 2.45) is 5.92 Å². The quantitative estimate of drug-likeness (QED) is 0.405. The summed E-state index contributed by atoms with van der Waals surface area (Å²) in [5.74, 6) is -4.57. The number of esters is 1. The Morgan fingerprint density at radius 1 is 1.23 bits per heavy atom. The Balaban J connectivity index is 0.00000341. The van der Waals surface area contributed by atoms with Crippen LogP contribution in [0.4, 0.5) is 8.78 Å². The van der Waals surface area contributed by atoms with Gasteiger partial charge in [-0.1, -0.05) is 37.3 Å². The molecule has 0 amide bonds. The van der Waals surface area contributed by atoms with Crippen molar-refractivity contribution in [2.75, 3.05) is 19.7 Å². The molecule has 0 aromatic heterocycles. The fourth-order valence-electron chi connectivity index (χ4n) is 4.43. The Labute approximate surface area is 193 Å². The molecule has 1 unspecified atom stereocenters. The number of ether oxygens (including phenoxy) is 1. The van der Waals surface area contributed by atoms with Crippen LogP contribution in [0.15, 0.2) is 42.7 Å². The van der Waals surface area contributed by atoms with E-state index in [2.05, 4.69) is 29.8 Å². The first-order chi connectivity index (χ1) is 14.3. The summed E-state index contributed by atoms with van der Waals surface area (Å²) < 4.78 is 33.1. The maximum absolute atomic E-state index is 13.8. The maximum Gasteiger partial charge on any atom is 0.343 e. The first-order valence-corrected chi connectivity index (χ1v) is 10.8. The standard InChI is InChI=1S/C23H32F2N2O3.BrH/c1-3-12-26-14-15-27(18(26)2)13-7-16-30-21(28)23(29,19-8-5-4-6-9-19)20-10-11-22(24,25)17-20;/h4-6,8-9,14-15,18,20,29H,3,7,10-13,16-17H2,1-2H3;1H/p-1/t18?,20-,23+;/m1./s1. The number of hydrogen-bond donors (Lipinski definition) is 1. The van der Waals surface area contributed by atoms with E-state index in [-0.39, 0.29) is 42.6 Å². The number of aliphatic hydroxyl groups is 1. The average Bonchev–Trinajstić information content (AvgIpc) is 3.28. The van der Waals surface area contributed by atoms with Crippen LogP contribution in [0.1, 0.15) is 51.5 Å². The molecular formula is C23H32BrF2N2O3-. The third-order valence-corrected chi connectivity index (χ3v) is 6.20. The van der Waals surface area contributed by atoms with Gasteiger partial charge in [0.15, 0.2) is 5.60 Å². The topological polar surface area (TPSA) is 53.0 Å². The van der Waals surface area contributed by atoms with Gasteiger partial charge in [0.2, 0.25) is 5.92 Å². The number of benzene rings is 1. The van der Waals surface area contributed by atoms with Crippen molar-refractivity contribution in [3.05, 3.63) is 48.3 Å². The Morgan fingerprint density at radius 2 is 1.87 bits per heavy atom. The van der Waals surface area contributed by atoms with Crippen molar-refractivity contribution in [1.82, 2.24) is 9.80 Å². The highest BCUT2D eigenvalue weighted by Gasteiger charge is 2.54. The molecule has 0 radical (unpaired) electrons. The van der Waals surface area contributed by atoms with E-state index in [1.807, 2.05) is 6.20 Å². The van der Waals surface area contributed by atoms with E-state index in [1.54, 1.807) is 30.3 Å². The summed E-state index contributed by atoms with van der Waals surface area (Å²) in [5, 5.41) is 11.3. The van der Waals surface area contributed by atoms with Crippen molar-refractivity contribution in [3.8, 4) is 0 Å². The van der Waals surface area contributed by atoms with E-state index in [1.165, 1.54) is 0 Å². The number of halogens is 3. The first kappa shape index (κ1) is 25.6. The molecule has 3 rings (SSSR count). The molecule has 31 heavy (non-hydrogen) atoms. The fourth-order valence-corrected chi connectivity index (χ4v) is 4.43. The second-order valence-electron chi connectivity index (χ2n) is 8.32. The summed E-state index contributed by atoms with van der Waals surface area (Å²) in [7, 11) is 0. The van der Waals surface area contributed by atoms with Gasteiger partial charge in [-0.25, -0.2) is 13.6 Å². The molecule has 1 saturated carbocycles. The van der Waals surface area contributed by atoms with Gasteiger partial charge < -0.3 is 36.6 Å². The molecule has 1 N–H and O–H groups in total. The van der Waals surface area contributed by atoms with Gasteiger partial charge in [0.05, 0.1) is 12.8 Å². The van der Waals surface area contributed by atoms with Gasteiger partial charge in [0.25, 0.3) is 0 Å². The number of carbonyl (C=O) groups excluding carboxylic acids is 1. The van der Waals surface area contributed by atoms with E-state index in [4.69, 9.17) is 4.74 Å². The van der Waals surface area contributed by atoms with E-state index in [0.29, 0.717) is 18.5 Å². The summed E-state index contributed by atoms with van der Waals surface area (Å²) in [5.41, 5.74) is -1.75. The second kappa shape index (κ2) is 10.8. The summed E-state index contributed by atoms with van der Waals surface area (Å²) in [6.45, 7) is 6.07. The summed E-state index contributed by atoms with van der Waals surface area (Å²) in [6, 6.07) is 8.31. The predicted octanol–water partition coefficient (Wildman–Crippen LogP) is 1.09. The van der Waals surface area contributed by atoms with Crippen molar-refractivity contribution in [1.29, 1.82) is 0 Å². The normalized spacial score (nSPS) is 24.0. The summed E-state index contributed by atoms with van der Waals surface area (Å²) in [4.78, 5) is 17.3. The van der Waals surface area contributed by atoms with Crippen molar-refractivity contribution < 1.29 is 40.4 Å². The van der Waals surface area contributed by atoms with E-state index >= 15 is 0 Å². The Morgan fingerprint density at radius 3 is 2.45 bits per heavy atom. The zero-order valence-electron chi connectivity index (χ0n) is 18.1. The lowest BCUT2D eigenvalue weighted by Crippen LogP contribution is -3.00. The van der Waals surface area contributed by atoms with E-state index in [9.17, 15) is 18.7 Å². The average molecular weight is 502 g/mol. The molecule has 1 aliphatic heterocycles. The molecule has 0 saturated heterocycles. The van der Waals surface area contributed by atoms with Gasteiger partial charge in [-0.3, -0.25) is 0 Å². The summed E-state index contributed by atoms with van der Waals surface area (Å²) in [6.07, 6.45) is 5.24. The monoisotopic (exact) mass is 501 g/mol. The van der Waals surface area contributed by atoms with Gasteiger partial charge in [-0.05, 0) is 31.7 Å². The van der Waals surface area contributed by atoms with Crippen LogP contribution in [-0.2, 0) is 15.1 Å². The van der Waals surface area contributed by atoms with Crippen LogP contribution in [0, 0.1) is 5.92 Å². The van der Waals surface area contributed by atoms with E-state index in [0.717, 1.165) is 13.0 Å². The van der Waals surface area contributed by atoms with Crippen LogP contribution >= 0.6 is 0 Å². The van der Waals surface area contributed by atoms with Crippen molar-refractivity contribution >= 4 is 5.97 Å². The van der Waals surface area contributed by atoms with Crippen LogP contribution in [0.25, 0.3) is 0 Å². The molecule has 0 bridgehead atoms. The van der Waals surface area contributed by atoms with Gasteiger partial charge >= 0.3 is 5.97 Å². The highest BCUT2D eigenvalue weighted by Crippen LogP contribution is 2.47. The first-order valence-electron chi connectivity index (χ1n) is 10.8. The fraction of sp³-hybridized carbons (Fsp3) is 0.609. The Kier molecular flexibility index (Phi) is 8.89. The number of rotatable bonds is 9. The third kappa shape index (κ3) is 5.77. The zero-order chi connectivity index (χ0) is 21.8. The molecule has 1 fully saturated rings. The molecule has 2 aliphatic rings. The van der Waals surface area contributed by atoms with Crippen molar-refractivity contribution in [2.45, 2.75) is 63.6 Å². The number of carbonyl (C=O) groups is 1. The lowest BCUT2D eigenvalue weighted by Gasteiger charge is -2.32. The third-order valence-electron chi connectivity index (χ3n) is 6.20. The molecule has 1 aromatic carbocycles.